The predicted octanol–water partition coefficient (Wildman–Crippen LogP) is 2.82. The van der Waals surface area contributed by atoms with Gasteiger partial charge in [0.2, 0.25) is 6.79 Å². The van der Waals surface area contributed by atoms with E-state index in [1.807, 2.05) is 4.90 Å². The number of carbonyl (C=O) groups is 1. The van der Waals surface area contributed by atoms with Gasteiger partial charge in [0.15, 0.2) is 22.9 Å². The van der Waals surface area contributed by atoms with Crippen LogP contribution in [0.2, 0.25) is 0 Å². The molecule has 0 radical (unpaired) electrons. The van der Waals surface area contributed by atoms with E-state index in [2.05, 4.69) is 22.2 Å². The van der Waals surface area contributed by atoms with E-state index >= 15 is 0 Å². The first kappa shape index (κ1) is 22.7. The number of ether oxygens (including phenoxy) is 3. The van der Waals surface area contributed by atoms with Crippen molar-refractivity contribution in [2.24, 2.45) is 7.05 Å². The molecule has 0 unspecified atom stereocenters. The van der Waals surface area contributed by atoms with Gasteiger partial charge in [0.1, 0.15) is 5.75 Å². The fraction of sp³-hybridized carbons (Fsp3) is 0.320. The molecule has 3 heterocycles. The van der Waals surface area contributed by atoms with Crippen molar-refractivity contribution in [3.8, 4) is 23.0 Å². The second-order valence-corrected chi connectivity index (χ2v) is 8.36. The second-order valence-electron chi connectivity index (χ2n) is 8.36. The molecule has 1 saturated heterocycles. The summed E-state index contributed by atoms with van der Waals surface area (Å²) in [4.78, 5) is 30.2. The summed E-state index contributed by atoms with van der Waals surface area (Å²) in [6.45, 7) is 6.40. The van der Waals surface area contributed by atoms with Gasteiger partial charge >= 0.3 is 0 Å². The first-order valence-corrected chi connectivity index (χ1v) is 11.5. The van der Waals surface area contributed by atoms with Gasteiger partial charge < -0.3 is 29.3 Å². The van der Waals surface area contributed by atoms with Crippen LogP contribution in [0.4, 0.5) is 11.4 Å². The van der Waals surface area contributed by atoms with Gasteiger partial charge in [0, 0.05) is 50.5 Å². The SMILES string of the molecule is CCN1CCN(C(=O)c2cccc(Nc3c(Oc4ccc5c(c4)OCO5)cnn(C)c3=O)c2)CC1. The molecule has 5 rings (SSSR count). The van der Waals surface area contributed by atoms with Gasteiger partial charge in [-0.2, -0.15) is 5.10 Å². The summed E-state index contributed by atoms with van der Waals surface area (Å²) < 4.78 is 17.9. The molecule has 1 N–H and O–H groups in total. The lowest BCUT2D eigenvalue weighted by atomic mass is 10.1. The van der Waals surface area contributed by atoms with Crippen LogP contribution in [0, 0.1) is 0 Å². The van der Waals surface area contributed by atoms with Crippen LogP contribution < -0.4 is 25.1 Å². The summed E-state index contributed by atoms with van der Waals surface area (Å²) in [6, 6.07) is 12.3. The quantitative estimate of drug-likeness (QED) is 0.579. The summed E-state index contributed by atoms with van der Waals surface area (Å²) in [5, 5.41) is 7.22. The van der Waals surface area contributed by atoms with Crippen molar-refractivity contribution < 1.29 is 19.0 Å². The van der Waals surface area contributed by atoms with E-state index < -0.39 is 0 Å². The van der Waals surface area contributed by atoms with Gasteiger partial charge in [-0.3, -0.25) is 9.59 Å². The zero-order valence-corrected chi connectivity index (χ0v) is 19.7. The minimum atomic E-state index is -0.365. The Labute approximate surface area is 202 Å². The van der Waals surface area contributed by atoms with E-state index in [1.54, 1.807) is 49.5 Å². The Morgan fingerprint density at radius 2 is 1.89 bits per heavy atom. The number of benzene rings is 2. The molecule has 1 aromatic heterocycles. The van der Waals surface area contributed by atoms with Crippen LogP contribution in [-0.2, 0) is 7.05 Å². The van der Waals surface area contributed by atoms with Crippen molar-refractivity contribution >= 4 is 17.3 Å². The van der Waals surface area contributed by atoms with Gasteiger partial charge in [-0.25, -0.2) is 4.68 Å². The van der Waals surface area contributed by atoms with Crippen LogP contribution >= 0.6 is 0 Å². The summed E-state index contributed by atoms with van der Waals surface area (Å²) in [5.74, 6) is 1.90. The summed E-state index contributed by atoms with van der Waals surface area (Å²) in [5.41, 5.74) is 1.00. The topological polar surface area (TPSA) is 98.2 Å². The van der Waals surface area contributed by atoms with E-state index in [9.17, 15) is 9.59 Å². The summed E-state index contributed by atoms with van der Waals surface area (Å²) in [6.07, 6.45) is 1.47. The minimum absolute atomic E-state index is 0.0242. The molecule has 3 aromatic rings. The normalized spacial score (nSPS) is 15.2. The van der Waals surface area contributed by atoms with E-state index in [1.165, 1.54) is 10.9 Å². The first-order valence-electron chi connectivity index (χ1n) is 11.5. The van der Waals surface area contributed by atoms with E-state index in [0.717, 1.165) is 19.6 Å². The molecule has 2 aliphatic heterocycles. The highest BCUT2D eigenvalue weighted by molar-refractivity contribution is 5.95. The van der Waals surface area contributed by atoms with Crippen LogP contribution in [0.1, 0.15) is 17.3 Å². The molecule has 2 aromatic carbocycles. The zero-order chi connectivity index (χ0) is 24.4. The lowest BCUT2D eigenvalue weighted by Gasteiger charge is -2.34. The Morgan fingerprint density at radius 1 is 1.09 bits per heavy atom. The van der Waals surface area contributed by atoms with Crippen molar-refractivity contribution in [2.45, 2.75) is 6.92 Å². The average Bonchev–Trinajstić information content (AvgIpc) is 3.36. The van der Waals surface area contributed by atoms with Crippen molar-refractivity contribution in [1.82, 2.24) is 19.6 Å². The number of anilines is 2. The van der Waals surface area contributed by atoms with Crippen molar-refractivity contribution in [1.29, 1.82) is 0 Å². The number of aryl methyl sites for hydroxylation is 1. The van der Waals surface area contributed by atoms with Crippen molar-refractivity contribution in [2.75, 3.05) is 44.8 Å². The molecule has 10 nitrogen and oxygen atoms in total. The van der Waals surface area contributed by atoms with Crippen LogP contribution in [0.5, 0.6) is 23.0 Å². The molecule has 2 aliphatic rings. The number of likely N-dealkylation sites (N-methyl/N-ethyl adjacent to an activating group) is 1. The van der Waals surface area contributed by atoms with E-state index in [-0.39, 0.29) is 29.7 Å². The first-order chi connectivity index (χ1) is 17.0. The highest BCUT2D eigenvalue weighted by Gasteiger charge is 2.22. The average molecular weight is 478 g/mol. The molecule has 35 heavy (non-hydrogen) atoms. The Balaban J connectivity index is 1.38. The Kier molecular flexibility index (Phi) is 6.28. The van der Waals surface area contributed by atoms with Gasteiger partial charge in [-0.1, -0.05) is 13.0 Å². The number of carbonyl (C=O) groups excluding carboxylic acids is 1. The number of piperazine rings is 1. The maximum Gasteiger partial charge on any atom is 0.294 e. The number of fused-ring (bicyclic) bond motifs is 1. The zero-order valence-electron chi connectivity index (χ0n) is 19.7. The number of aromatic nitrogens is 2. The molecule has 0 saturated carbocycles. The molecule has 1 amide bonds. The maximum absolute atomic E-state index is 13.1. The molecular weight excluding hydrogens is 450 g/mol. The lowest BCUT2D eigenvalue weighted by molar-refractivity contribution is 0.0643. The van der Waals surface area contributed by atoms with E-state index in [4.69, 9.17) is 14.2 Å². The highest BCUT2D eigenvalue weighted by atomic mass is 16.7. The van der Waals surface area contributed by atoms with Crippen LogP contribution in [0.25, 0.3) is 0 Å². The molecule has 1 fully saturated rings. The Morgan fingerprint density at radius 3 is 2.69 bits per heavy atom. The fourth-order valence-corrected chi connectivity index (χ4v) is 4.11. The summed E-state index contributed by atoms with van der Waals surface area (Å²) in [7, 11) is 1.56. The molecule has 182 valence electrons. The Bertz CT molecular complexity index is 1300. The summed E-state index contributed by atoms with van der Waals surface area (Å²) >= 11 is 0. The van der Waals surface area contributed by atoms with Crippen molar-refractivity contribution in [3.05, 3.63) is 64.6 Å². The molecular formula is C25H27N5O5. The standard InChI is InChI=1S/C25H27N5O5/c1-3-29-9-11-30(12-10-29)24(31)17-5-4-6-18(13-17)27-23-22(15-26-28(2)25(23)32)35-19-7-8-20-21(14-19)34-16-33-20/h4-8,13-15,27H,3,9-12,16H2,1-2H3. The number of hydrogen-bond donors (Lipinski definition) is 1. The monoisotopic (exact) mass is 477 g/mol. The van der Waals surface area contributed by atoms with Gasteiger partial charge in [0.25, 0.3) is 11.5 Å². The largest absolute Gasteiger partial charge is 0.454 e. The van der Waals surface area contributed by atoms with Crippen LogP contribution in [0.15, 0.2) is 53.5 Å². The van der Waals surface area contributed by atoms with Crippen LogP contribution in [-0.4, -0.2) is 65.0 Å². The lowest BCUT2D eigenvalue weighted by Crippen LogP contribution is -2.48. The van der Waals surface area contributed by atoms with Gasteiger partial charge in [0.05, 0.1) is 6.20 Å². The van der Waals surface area contributed by atoms with Gasteiger partial charge in [-0.05, 0) is 36.9 Å². The third-order valence-corrected chi connectivity index (χ3v) is 6.16. The molecule has 10 heteroatoms. The number of amides is 1. The maximum atomic E-state index is 13.1. The van der Waals surface area contributed by atoms with Crippen molar-refractivity contribution in [3.63, 3.8) is 0 Å². The smallest absolute Gasteiger partial charge is 0.294 e. The number of hydrogen-bond acceptors (Lipinski definition) is 8. The number of nitrogens with zero attached hydrogens (tertiary/aromatic N) is 4. The third-order valence-electron chi connectivity index (χ3n) is 6.16. The number of rotatable bonds is 6. The molecule has 0 bridgehead atoms. The second kappa shape index (κ2) is 9.67. The third kappa shape index (κ3) is 4.78. The Hall–Kier alpha value is -4.05. The molecule has 0 spiro atoms. The predicted molar refractivity (Wildman–Crippen MR) is 130 cm³/mol. The highest BCUT2D eigenvalue weighted by Crippen LogP contribution is 2.37. The fourth-order valence-electron chi connectivity index (χ4n) is 4.11. The number of nitrogens with one attached hydrogen (secondary N) is 1. The minimum Gasteiger partial charge on any atom is -0.454 e. The van der Waals surface area contributed by atoms with E-state index in [0.29, 0.717) is 41.6 Å². The van der Waals surface area contributed by atoms with Gasteiger partial charge in [-0.15, -0.1) is 0 Å². The van der Waals surface area contributed by atoms with Crippen LogP contribution in [0.3, 0.4) is 0 Å². The molecule has 0 atom stereocenters. The molecule has 0 aliphatic carbocycles.